The molecule has 27 heavy (non-hydrogen) atoms. The molecule has 10 heteroatoms. The van der Waals surface area contributed by atoms with Gasteiger partial charge in [0.1, 0.15) is 0 Å². The summed E-state index contributed by atoms with van der Waals surface area (Å²) >= 11 is 1.66. The molecule has 1 aliphatic carbocycles. The van der Waals surface area contributed by atoms with Gasteiger partial charge in [0, 0.05) is 18.7 Å². The molecular formula is C17H13F2IN2O5. The summed E-state index contributed by atoms with van der Waals surface area (Å²) in [5.41, 5.74) is -5.90. The fraction of sp³-hybridized carbons (Fsp3) is 0.353. The van der Waals surface area contributed by atoms with Gasteiger partial charge in [0.2, 0.25) is 11.8 Å². The zero-order chi connectivity index (χ0) is 19.4. The second-order valence-corrected chi connectivity index (χ2v) is 7.24. The lowest BCUT2D eigenvalue weighted by Gasteiger charge is -2.28. The fourth-order valence-corrected chi connectivity index (χ4v) is 4.02. The molecule has 1 saturated carbocycles. The zero-order valence-electron chi connectivity index (χ0n) is 13.7. The Morgan fingerprint density at radius 3 is 2.63 bits per heavy atom. The molecule has 7 nitrogen and oxygen atoms in total. The third kappa shape index (κ3) is 2.57. The van der Waals surface area contributed by atoms with Crippen LogP contribution in [0.15, 0.2) is 52.2 Å². The quantitative estimate of drug-likeness (QED) is 0.400. The van der Waals surface area contributed by atoms with E-state index in [1.807, 2.05) is 4.98 Å². The number of ether oxygens (including phenoxy) is 2. The number of carbonyl (C=O) groups excluding carboxylic acids is 1. The fourth-order valence-electron chi connectivity index (χ4n) is 3.46. The summed E-state index contributed by atoms with van der Waals surface area (Å²) in [7, 11) is 0. The number of H-pyrrole nitrogens is 1. The summed E-state index contributed by atoms with van der Waals surface area (Å²) < 4.78 is 41.9. The third-order valence-corrected chi connectivity index (χ3v) is 5.84. The summed E-state index contributed by atoms with van der Waals surface area (Å²) in [6.45, 7) is 0. The topological polar surface area (TPSA) is 90.4 Å². The molecule has 4 atom stereocenters. The van der Waals surface area contributed by atoms with Gasteiger partial charge >= 0.3 is 11.7 Å². The number of alkyl halides is 3. The molecule has 2 aliphatic rings. The number of esters is 1. The lowest BCUT2D eigenvalue weighted by atomic mass is 10.1. The molecule has 1 aromatic carbocycles. The molecule has 1 N–H and O–H groups in total. The molecular weight excluding hydrogens is 477 g/mol. The number of carbonyl (C=O) groups is 1. The average Bonchev–Trinajstić information content (AvgIpc) is 3.18. The molecule has 0 radical (unpaired) electrons. The summed E-state index contributed by atoms with van der Waals surface area (Å²) in [5.74, 6) is -3.53. The average molecular weight is 490 g/mol. The first-order chi connectivity index (χ1) is 12.8. The van der Waals surface area contributed by atoms with E-state index >= 15 is 8.78 Å². The van der Waals surface area contributed by atoms with Gasteiger partial charge in [0.05, 0.1) is 9.99 Å². The van der Waals surface area contributed by atoms with Crippen LogP contribution < -0.4 is 11.2 Å². The van der Waals surface area contributed by atoms with Crippen LogP contribution in [0, 0.1) is 0 Å². The van der Waals surface area contributed by atoms with E-state index in [-0.39, 0.29) is 16.4 Å². The number of benzene rings is 1. The number of hydrogen-bond donors (Lipinski definition) is 1. The molecule has 1 aliphatic heterocycles. The van der Waals surface area contributed by atoms with Crippen molar-refractivity contribution in [3.05, 3.63) is 69.0 Å². The van der Waals surface area contributed by atoms with Crippen LogP contribution in [0.3, 0.4) is 0 Å². The Balaban J connectivity index is 1.72. The first kappa shape index (κ1) is 18.3. The van der Waals surface area contributed by atoms with Gasteiger partial charge in [-0.2, -0.15) is 0 Å². The Bertz CT molecular complexity index is 1030. The Labute approximate surface area is 164 Å². The minimum Gasteiger partial charge on any atom is -0.449 e. The van der Waals surface area contributed by atoms with Gasteiger partial charge in [0.25, 0.3) is 11.4 Å². The van der Waals surface area contributed by atoms with Crippen molar-refractivity contribution in [3.63, 3.8) is 0 Å². The lowest BCUT2D eigenvalue weighted by molar-refractivity contribution is -0.203. The van der Waals surface area contributed by atoms with Gasteiger partial charge in [-0.1, -0.05) is 40.8 Å². The molecule has 2 fully saturated rings. The van der Waals surface area contributed by atoms with E-state index in [1.54, 1.807) is 40.8 Å². The van der Waals surface area contributed by atoms with Gasteiger partial charge in [-0.25, -0.2) is 18.4 Å². The summed E-state index contributed by atoms with van der Waals surface area (Å²) in [5, 5.41) is 0. The van der Waals surface area contributed by atoms with Gasteiger partial charge in [0.15, 0.2) is 5.72 Å². The maximum atomic E-state index is 15.6. The minimum absolute atomic E-state index is 0.135. The van der Waals surface area contributed by atoms with E-state index < -0.39 is 40.6 Å². The van der Waals surface area contributed by atoms with Crippen molar-refractivity contribution in [2.24, 2.45) is 0 Å². The molecule has 0 bridgehead atoms. The van der Waals surface area contributed by atoms with Crippen molar-refractivity contribution in [1.82, 2.24) is 9.55 Å². The monoisotopic (exact) mass is 490 g/mol. The Kier molecular flexibility index (Phi) is 4.04. The van der Waals surface area contributed by atoms with Crippen LogP contribution in [0.25, 0.3) is 0 Å². The van der Waals surface area contributed by atoms with Crippen molar-refractivity contribution >= 4 is 28.6 Å². The second kappa shape index (κ2) is 5.96. The molecule has 142 valence electrons. The number of aromatic amines is 1. The minimum atomic E-state index is -2.63. The van der Waals surface area contributed by atoms with Crippen molar-refractivity contribution in [2.45, 2.75) is 29.8 Å². The predicted octanol–water partition coefficient (Wildman–Crippen LogP) is 1.66. The highest BCUT2D eigenvalue weighted by atomic mass is 127. The summed E-state index contributed by atoms with van der Waals surface area (Å²) in [6.07, 6.45) is -1.22. The van der Waals surface area contributed by atoms with Crippen LogP contribution in [0.5, 0.6) is 0 Å². The lowest BCUT2D eigenvalue weighted by Crippen LogP contribution is -2.46. The second-order valence-electron chi connectivity index (χ2n) is 6.48. The molecule has 0 amide bonds. The SMILES string of the molecule is O=C(O[C@@H]1[C@@](F)(CI)O[C@]2(n3ccc(=O)[nH]c3=O)C[C@@]12F)c1ccccc1. The third-order valence-electron chi connectivity index (χ3n) is 4.80. The molecule has 2 aromatic rings. The maximum absolute atomic E-state index is 15.6. The first-order valence-corrected chi connectivity index (χ1v) is 9.51. The number of fused-ring (bicyclic) bond motifs is 1. The van der Waals surface area contributed by atoms with E-state index in [0.29, 0.717) is 0 Å². The van der Waals surface area contributed by atoms with Crippen LogP contribution in [0.1, 0.15) is 16.8 Å². The van der Waals surface area contributed by atoms with E-state index in [0.717, 1.165) is 16.8 Å². The molecule has 0 unspecified atom stereocenters. The highest BCUT2D eigenvalue weighted by Gasteiger charge is 2.88. The summed E-state index contributed by atoms with van der Waals surface area (Å²) in [4.78, 5) is 37.7. The number of nitrogens with one attached hydrogen (secondary N) is 1. The van der Waals surface area contributed by atoms with Gasteiger partial charge < -0.3 is 9.47 Å². The van der Waals surface area contributed by atoms with Crippen LogP contribution in [0.2, 0.25) is 0 Å². The number of hydrogen-bond acceptors (Lipinski definition) is 5. The first-order valence-electron chi connectivity index (χ1n) is 7.98. The predicted molar refractivity (Wildman–Crippen MR) is 97.2 cm³/mol. The van der Waals surface area contributed by atoms with Crippen LogP contribution in [-0.4, -0.2) is 37.6 Å². The molecule has 1 aromatic heterocycles. The number of halogens is 3. The molecule has 1 saturated heterocycles. The number of rotatable bonds is 4. The van der Waals surface area contributed by atoms with Crippen molar-refractivity contribution in [3.8, 4) is 0 Å². The largest absolute Gasteiger partial charge is 0.449 e. The van der Waals surface area contributed by atoms with Crippen molar-refractivity contribution in [2.75, 3.05) is 4.43 Å². The van der Waals surface area contributed by atoms with Gasteiger partial charge in [-0.3, -0.25) is 14.3 Å². The van der Waals surface area contributed by atoms with Gasteiger partial charge in [-0.15, -0.1) is 0 Å². The van der Waals surface area contributed by atoms with Gasteiger partial charge in [-0.05, 0) is 12.1 Å². The summed E-state index contributed by atoms with van der Waals surface area (Å²) in [6, 6.07) is 8.79. The van der Waals surface area contributed by atoms with Crippen LogP contribution in [-0.2, 0) is 15.2 Å². The normalized spacial score (nSPS) is 34.1. The van der Waals surface area contributed by atoms with E-state index in [2.05, 4.69) is 0 Å². The van der Waals surface area contributed by atoms with Crippen LogP contribution in [0.4, 0.5) is 8.78 Å². The van der Waals surface area contributed by atoms with E-state index in [4.69, 9.17) is 9.47 Å². The maximum Gasteiger partial charge on any atom is 0.338 e. The zero-order valence-corrected chi connectivity index (χ0v) is 15.8. The Morgan fingerprint density at radius 2 is 2.00 bits per heavy atom. The van der Waals surface area contributed by atoms with Crippen LogP contribution >= 0.6 is 22.6 Å². The Hall–Kier alpha value is -2.08. The highest BCUT2D eigenvalue weighted by Crippen LogP contribution is 2.69. The van der Waals surface area contributed by atoms with Crippen molar-refractivity contribution < 1.29 is 23.0 Å². The van der Waals surface area contributed by atoms with E-state index in [9.17, 15) is 14.4 Å². The molecule has 0 spiro atoms. The number of nitrogens with zero attached hydrogens (tertiary/aromatic N) is 1. The smallest absolute Gasteiger partial charge is 0.338 e. The molecule has 4 rings (SSSR count). The van der Waals surface area contributed by atoms with Crippen molar-refractivity contribution in [1.29, 1.82) is 0 Å². The Morgan fingerprint density at radius 1 is 1.30 bits per heavy atom. The highest BCUT2D eigenvalue weighted by molar-refractivity contribution is 14.1. The molecule has 2 heterocycles. The standard InChI is InChI=1S/C17H13F2IN2O5/c18-15-8-17(15,22-7-6-11(23)21-14(22)25)27-16(19,9-20)13(15)26-12(24)10-4-2-1-3-5-10/h1-7,13H,8-9H2,(H,21,23,25)/t13-,15+,16+,17+/m0/s1. The number of aromatic nitrogens is 2. The van der Waals surface area contributed by atoms with E-state index in [1.165, 1.54) is 12.1 Å².